The summed E-state index contributed by atoms with van der Waals surface area (Å²) in [7, 11) is -3.35. The van der Waals surface area contributed by atoms with E-state index < -0.39 is 15.8 Å². The number of aromatic carboxylic acids is 1. The highest BCUT2D eigenvalue weighted by Crippen LogP contribution is 2.14. The topological polar surface area (TPSA) is 84.3 Å². The molecule has 6 heteroatoms. The molecule has 3 aromatic rings. The summed E-state index contributed by atoms with van der Waals surface area (Å²) in [5.74, 6) is 4.42. The monoisotopic (exact) mass is 423 g/mol. The van der Waals surface area contributed by atoms with E-state index in [2.05, 4.69) is 35.9 Å². The molecule has 156 valence electrons. The first-order valence-electron chi connectivity index (χ1n) is 9.29. The van der Waals surface area contributed by atoms with Crippen molar-refractivity contribution in [3.8, 4) is 11.8 Å². The van der Waals surface area contributed by atoms with Gasteiger partial charge in [-0.1, -0.05) is 73.7 Å². The number of carboxylic acid groups (broad SMARTS) is 1. The van der Waals surface area contributed by atoms with E-state index in [-0.39, 0.29) is 10.6 Å². The van der Waals surface area contributed by atoms with Crippen molar-refractivity contribution >= 4 is 15.8 Å². The average molecular weight is 424 g/mol. The predicted molar refractivity (Wildman–Crippen MR) is 119 cm³/mol. The molecule has 3 rings (SSSR count). The lowest BCUT2D eigenvalue weighted by Gasteiger charge is -2.00. The van der Waals surface area contributed by atoms with E-state index in [1.54, 1.807) is 18.2 Å². The Hall–Kier alpha value is -3.43. The van der Waals surface area contributed by atoms with E-state index in [0.29, 0.717) is 11.1 Å². The van der Waals surface area contributed by atoms with Crippen molar-refractivity contribution in [3.05, 3.63) is 95.3 Å². The maximum absolute atomic E-state index is 11.6. The first-order chi connectivity index (χ1) is 14.3. The molecule has 0 aliphatic rings. The largest absolute Gasteiger partial charge is 0.477 e. The van der Waals surface area contributed by atoms with Gasteiger partial charge >= 0.3 is 5.97 Å². The lowest BCUT2D eigenvalue weighted by atomic mass is 10.2. The molecule has 0 saturated carbocycles. The van der Waals surface area contributed by atoms with Gasteiger partial charge in [0.2, 0.25) is 0 Å². The number of rotatable bonds is 2. The third kappa shape index (κ3) is 8.29. The molecule has 0 atom stereocenters. The molecule has 5 nitrogen and oxygen atoms in total. The summed E-state index contributed by atoms with van der Waals surface area (Å²) in [6, 6.07) is 19.6. The van der Waals surface area contributed by atoms with E-state index >= 15 is 0 Å². The van der Waals surface area contributed by atoms with Gasteiger partial charge in [0.25, 0.3) is 0 Å². The number of pyridine rings is 1. The van der Waals surface area contributed by atoms with E-state index in [4.69, 9.17) is 5.11 Å². The van der Waals surface area contributed by atoms with Crippen molar-refractivity contribution in [2.45, 2.75) is 25.7 Å². The molecule has 0 aliphatic heterocycles. The molecule has 1 heterocycles. The second-order valence-corrected chi connectivity index (χ2v) is 7.89. The zero-order chi connectivity index (χ0) is 22.6. The molecule has 0 saturated heterocycles. The summed E-state index contributed by atoms with van der Waals surface area (Å²) in [6.45, 7) is 6.08. The van der Waals surface area contributed by atoms with Crippen molar-refractivity contribution in [2.24, 2.45) is 0 Å². The molecule has 0 unspecified atom stereocenters. The summed E-state index contributed by atoms with van der Waals surface area (Å²) in [6.07, 6.45) is 2.45. The lowest BCUT2D eigenvalue weighted by molar-refractivity contribution is 0.0690. The summed E-state index contributed by atoms with van der Waals surface area (Å²) < 4.78 is 23.3. The summed E-state index contributed by atoms with van der Waals surface area (Å²) in [5.41, 5.74) is 2.14. The second-order valence-electron chi connectivity index (χ2n) is 5.91. The Labute approximate surface area is 178 Å². The molecule has 0 fully saturated rings. The van der Waals surface area contributed by atoms with Crippen LogP contribution in [0.2, 0.25) is 0 Å². The lowest BCUT2D eigenvalue weighted by Crippen LogP contribution is -2.00. The quantitative estimate of drug-likeness (QED) is 0.609. The van der Waals surface area contributed by atoms with Gasteiger partial charge in [-0.15, -0.1) is 0 Å². The minimum atomic E-state index is -3.35. The van der Waals surface area contributed by atoms with Crippen molar-refractivity contribution in [3.63, 3.8) is 0 Å². The zero-order valence-electron chi connectivity index (χ0n) is 17.5. The third-order valence-corrected chi connectivity index (χ3v) is 4.71. The Kier molecular flexibility index (Phi) is 10.0. The van der Waals surface area contributed by atoms with Crippen molar-refractivity contribution in [1.29, 1.82) is 0 Å². The Morgan fingerprint density at radius 1 is 0.900 bits per heavy atom. The number of aryl methyl sites for hydroxylation is 1. The first-order valence-corrected chi connectivity index (χ1v) is 11.2. The van der Waals surface area contributed by atoms with Crippen LogP contribution in [0.3, 0.4) is 0 Å². The number of nitrogens with zero attached hydrogens (tertiary/aromatic N) is 1. The molecule has 0 radical (unpaired) electrons. The molecule has 0 amide bonds. The summed E-state index contributed by atoms with van der Waals surface area (Å²) >= 11 is 0. The number of carbonyl (C=O) groups is 1. The van der Waals surface area contributed by atoms with Crippen LogP contribution >= 0.6 is 0 Å². The standard InChI is InChI=1S/C15H11NO4S.C7H8.C2H6/c1-21(19,20)14-5-3-2-4-12(14)8-6-11-7-9-13(15(17)18)16-10-11;1-7-5-3-2-4-6-7;1-2/h2-5,7,9-10H,1H3,(H,17,18);2-6H,1H3;1-2H3. The maximum Gasteiger partial charge on any atom is 0.354 e. The van der Waals surface area contributed by atoms with E-state index in [1.807, 2.05) is 32.0 Å². The van der Waals surface area contributed by atoms with Crippen LogP contribution in [0.1, 0.15) is 41.0 Å². The molecule has 0 spiro atoms. The molecular weight excluding hydrogens is 398 g/mol. The normalized spacial score (nSPS) is 9.60. The minimum absolute atomic E-state index is 0.0721. The van der Waals surface area contributed by atoms with Crippen LogP contribution in [-0.2, 0) is 9.84 Å². The highest BCUT2D eigenvalue weighted by atomic mass is 32.2. The fourth-order valence-corrected chi connectivity index (χ4v) is 3.01. The summed E-state index contributed by atoms with van der Waals surface area (Å²) in [4.78, 5) is 14.6. The highest BCUT2D eigenvalue weighted by molar-refractivity contribution is 7.90. The fraction of sp³-hybridized carbons (Fsp3) is 0.167. The van der Waals surface area contributed by atoms with Crippen LogP contribution in [0.15, 0.2) is 77.8 Å². The van der Waals surface area contributed by atoms with Crippen LogP contribution in [0.4, 0.5) is 0 Å². The average Bonchev–Trinajstić information content (AvgIpc) is 2.74. The van der Waals surface area contributed by atoms with Gasteiger partial charge in [0, 0.05) is 23.6 Å². The Balaban J connectivity index is 0.000000418. The van der Waals surface area contributed by atoms with E-state index in [9.17, 15) is 13.2 Å². The molecule has 30 heavy (non-hydrogen) atoms. The van der Waals surface area contributed by atoms with Crippen LogP contribution in [0.25, 0.3) is 0 Å². The van der Waals surface area contributed by atoms with Gasteiger partial charge in [-0.3, -0.25) is 0 Å². The van der Waals surface area contributed by atoms with Gasteiger partial charge in [0.15, 0.2) is 9.84 Å². The smallest absolute Gasteiger partial charge is 0.354 e. The summed E-state index contributed by atoms with van der Waals surface area (Å²) in [5, 5.41) is 8.74. The number of hydrogen-bond acceptors (Lipinski definition) is 4. The van der Waals surface area contributed by atoms with Gasteiger partial charge in [-0.2, -0.15) is 0 Å². The first kappa shape index (κ1) is 24.6. The number of aromatic nitrogens is 1. The third-order valence-electron chi connectivity index (χ3n) is 3.55. The molecular formula is C24H25NO4S. The van der Waals surface area contributed by atoms with Crippen LogP contribution in [0.5, 0.6) is 0 Å². The number of benzene rings is 2. The molecule has 0 bridgehead atoms. The molecule has 1 aromatic heterocycles. The molecule has 1 N–H and O–H groups in total. The van der Waals surface area contributed by atoms with Crippen molar-refractivity contribution < 1.29 is 18.3 Å². The zero-order valence-corrected chi connectivity index (χ0v) is 18.3. The van der Waals surface area contributed by atoms with Crippen molar-refractivity contribution in [1.82, 2.24) is 4.98 Å². The predicted octanol–water partition coefficient (Wildman–Crippen LogP) is 4.60. The van der Waals surface area contributed by atoms with Gasteiger partial charge in [-0.05, 0) is 31.2 Å². The van der Waals surface area contributed by atoms with Crippen molar-refractivity contribution in [2.75, 3.05) is 6.26 Å². The number of carboxylic acids is 1. The number of sulfone groups is 1. The second kappa shape index (κ2) is 12.2. The Morgan fingerprint density at radius 2 is 1.50 bits per heavy atom. The van der Waals surface area contributed by atoms with Gasteiger partial charge < -0.3 is 5.11 Å². The molecule has 0 aliphatic carbocycles. The van der Waals surface area contributed by atoms with Gasteiger partial charge in [0.05, 0.1) is 4.90 Å². The SMILES string of the molecule is CC.CS(=O)(=O)c1ccccc1C#Cc1ccc(C(=O)O)nc1.Cc1ccccc1. The Bertz CT molecular complexity index is 1110. The fourth-order valence-electron chi connectivity index (χ4n) is 2.16. The van der Waals surface area contributed by atoms with E-state index in [1.165, 1.54) is 30.0 Å². The minimum Gasteiger partial charge on any atom is -0.477 e. The Morgan fingerprint density at radius 3 is 1.97 bits per heavy atom. The van der Waals surface area contributed by atoms with Gasteiger partial charge in [-0.25, -0.2) is 18.2 Å². The maximum atomic E-state index is 11.6. The van der Waals surface area contributed by atoms with Crippen LogP contribution in [-0.4, -0.2) is 30.7 Å². The molecule has 2 aromatic carbocycles. The highest BCUT2D eigenvalue weighted by Gasteiger charge is 2.10. The van der Waals surface area contributed by atoms with Crippen LogP contribution < -0.4 is 0 Å². The van der Waals surface area contributed by atoms with Gasteiger partial charge in [0.1, 0.15) is 5.69 Å². The van der Waals surface area contributed by atoms with Crippen LogP contribution in [0, 0.1) is 18.8 Å². The van der Waals surface area contributed by atoms with E-state index in [0.717, 1.165) is 6.26 Å². The number of hydrogen-bond donors (Lipinski definition) is 1.